The zero-order valence-corrected chi connectivity index (χ0v) is 5.47. The summed E-state index contributed by atoms with van der Waals surface area (Å²) < 4.78 is 0. The van der Waals surface area contributed by atoms with Gasteiger partial charge in [0.1, 0.15) is 6.00 Å². The van der Waals surface area contributed by atoms with Gasteiger partial charge in [0.2, 0.25) is 0 Å². The van der Waals surface area contributed by atoms with Crippen molar-refractivity contribution in [3.8, 4) is 0 Å². The van der Waals surface area contributed by atoms with E-state index in [1.165, 1.54) is 0 Å². The molecule has 1 aliphatic rings. The topological polar surface area (TPSA) is 18.8 Å². The SMILES string of the molecule is CN1CC=NN1CCl. The molecule has 0 bridgehead atoms. The molecule has 1 heterocycles. The standard InChI is InChI=1S/C4H8ClN3/c1-7-3-2-6-8(7)4-5/h2H,3-4H2,1H3. The molecule has 0 aromatic rings. The van der Waals surface area contributed by atoms with Crippen molar-refractivity contribution in [1.82, 2.24) is 10.1 Å². The summed E-state index contributed by atoms with van der Waals surface area (Å²) in [4.78, 5) is 0. The first kappa shape index (κ1) is 5.85. The van der Waals surface area contributed by atoms with E-state index >= 15 is 0 Å². The van der Waals surface area contributed by atoms with Crippen LogP contribution >= 0.6 is 11.6 Å². The molecule has 0 aliphatic carbocycles. The van der Waals surface area contributed by atoms with Gasteiger partial charge >= 0.3 is 0 Å². The van der Waals surface area contributed by atoms with E-state index in [0.717, 1.165) is 6.54 Å². The normalized spacial score (nSPS) is 20.5. The molecule has 0 amide bonds. The van der Waals surface area contributed by atoms with Gasteiger partial charge in [-0.1, -0.05) is 11.6 Å². The van der Waals surface area contributed by atoms with Crippen molar-refractivity contribution in [2.75, 3.05) is 19.6 Å². The molecule has 0 atom stereocenters. The minimum absolute atomic E-state index is 0.438. The Morgan fingerprint density at radius 2 is 2.62 bits per heavy atom. The summed E-state index contributed by atoms with van der Waals surface area (Å²) in [5.74, 6) is 0. The van der Waals surface area contributed by atoms with Gasteiger partial charge in [0.15, 0.2) is 0 Å². The summed E-state index contributed by atoms with van der Waals surface area (Å²) in [6.45, 7) is 0.868. The van der Waals surface area contributed by atoms with Crippen molar-refractivity contribution in [3.63, 3.8) is 0 Å². The van der Waals surface area contributed by atoms with Crippen LogP contribution in [0.4, 0.5) is 0 Å². The minimum Gasteiger partial charge on any atom is -0.212 e. The average Bonchev–Trinajstić information content (AvgIpc) is 2.14. The number of hydrazone groups is 1. The van der Waals surface area contributed by atoms with E-state index in [9.17, 15) is 0 Å². The Kier molecular flexibility index (Phi) is 1.70. The lowest BCUT2D eigenvalue weighted by atomic mass is 10.7. The highest BCUT2D eigenvalue weighted by atomic mass is 35.5. The lowest BCUT2D eigenvalue weighted by Gasteiger charge is -2.18. The van der Waals surface area contributed by atoms with Crippen LogP contribution in [0.5, 0.6) is 0 Å². The Bertz CT molecular complexity index is 103. The first-order chi connectivity index (χ1) is 3.84. The Morgan fingerprint density at radius 3 is 2.88 bits per heavy atom. The van der Waals surface area contributed by atoms with E-state index in [1.54, 1.807) is 5.12 Å². The Morgan fingerprint density at radius 1 is 1.88 bits per heavy atom. The van der Waals surface area contributed by atoms with Gasteiger partial charge in [-0.3, -0.25) is 0 Å². The van der Waals surface area contributed by atoms with Crippen LogP contribution in [-0.2, 0) is 0 Å². The Hall–Kier alpha value is -0.280. The molecular formula is C4H8ClN3. The quantitative estimate of drug-likeness (QED) is 0.379. The molecule has 3 nitrogen and oxygen atoms in total. The van der Waals surface area contributed by atoms with Crippen LogP contribution < -0.4 is 0 Å². The monoisotopic (exact) mass is 133 g/mol. The van der Waals surface area contributed by atoms with Crippen molar-refractivity contribution in [3.05, 3.63) is 0 Å². The number of rotatable bonds is 1. The van der Waals surface area contributed by atoms with Crippen LogP contribution in [0.25, 0.3) is 0 Å². The third-order valence-electron chi connectivity index (χ3n) is 1.06. The smallest absolute Gasteiger partial charge is 0.127 e. The first-order valence-corrected chi connectivity index (χ1v) is 2.95. The number of hydrogen-bond donors (Lipinski definition) is 0. The number of halogens is 1. The van der Waals surface area contributed by atoms with Crippen LogP contribution in [0.3, 0.4) is 0 Å². The van der Waals surface area contributed by atoms with Crippen LogP contribution in [0.2, 0.25) is 0 Å². The van der Waals surface area contributed by atoms with Gasteiger partial charge in [0.05, 0.1) is 6.54 Å². The van der Waals surface area contributed by atoms with Gasteiger partial charge in [-0.05, 0) is 0 Å². The van der Waals surface area contributed by atoms with Crippen LogP contribution in [0.1, 0.15) is 0 Å². The van der Waals surface area contributed by atoms with E-state index in [1.807, 2.05) is 18.3 Å². The second kappa shape index (κ2) is 2.33. The second-order valence-electron chi connectivity index (χ2n) is 1.63. The zero-order valence-electron chi connectivity index (χ0n) is 4.71. The van der Waals surface area contributed by atoms with Crippen molar-refractivity contribution in [2.24, 2.45) is 5.10 Å². The maximum absolute atomic E-state index is 5.47. The highest BCUT2D eigenvalue weighted by Gasteiger charge is 2.09. The second-order valence-corrected chi connectivity index (χ2v) is 1.87. The molecule has 0 spiro atoms. The molecule has 1 rings (SSSR count). The zero-order chi connectivity index (χ0) is 5.98. The number of alkyl halides is 1. The maximum Gasteiger partial charge on any atom is 0.127 e. The van der Waals surface area contributed by atoms with E-state index < -0.39 is 0 Å². The summed E-state index contributed by atoms with van der Waals surface area (Å²) >= 11 is 5.47. The predicted octanol–water partition coefficient (Wildman–Crippen LogP) is 0.331. The van der Waals surface area contributed by atoms with Gasteiger partial charge in [-0.2, -0.15) is 5.10 Å². The van der Waals surface area contributed by atoms with Crippen LogP contribution in [0.15, 0.2) is 5.10 Å². The molecule has 0 N–H and O–H groups in total. The first-order valence-electron chi connectivity index (χ1n) is 2.41. The fraction of sp³-hybridized carbons (Fsp3) is 0.750. The van der Waals surface area contributed by atoms with Crippen LogP contribution in [-0.4, -0.2) is 35.9 Å². The van der Waals surface area contributed by atoms with E-state index in [4.69, 9.17) is 11.6 Å². The van der Waals surface area contributed by atoms with Gasteiger partial charge in [-0.15, -0.1) is 0 Å². The van der Waals surface area contributed by atoms with Crippen molar-refractivity contribution in [2.45, 2.75) is 0 Å². The number of hydrogen-bond acceptors (Lipinski definition) is 3. The summed E-state index contributed by atoms with van der Waals surface area (Å²) in [6, 6.07) is 0.438. The summed E-state index contributed by atoms with van der Waals surface area (Å²) in [6.07, 6.45) is 1.82. The molecular weight excluding hydrogens is 126 g/mol. The third-order valence-corrected chi connectivity index (χ3v) is 1.28. The molecule has 8 heavy (non-hydrogen) atoms. The molecule has 0 unspecified atom stereocenters. The van der Waals surface area contributed by atoms with Gasteiger partial charge in [0, 0.05) is 13.3 Å². The largest absolute Gasteiger partial charge is 0.212 e. The van der Waals surface area contributed by atoms with E-state index in [-0.39, 0.29) is 0 Å². The Balaban J connectivity index is 2.41. The predicted molar refractivity (Wildman–Crippen MR) is 33.7 cm³/mol. The average molecular weight is 134 g/mol. The fourth-order valence-electron chi connectivity index (χ4n) is 0.553. The van der Waals surface area contributed by atoms with Crippen molar-refractivity contribution < 1.29 is 0 Å². The third kappa shape index (κ3) is 0.928. The van der Waals surface area contributed by atoms with E-state index in [2.05, 4.69) is 5.10 Å². The summed E-state index contributed by atoms with van der Waals surface area (Å²) in [5.41, 5.74) is 0. The molecule has 1 aliphatic heterocycles. The lowest BCUT2D eigenvalue weighted by molar-refractivity contribution is 0.0587. The van der Waals surface area contributed by atoms with E-state index in [0.29, 0.717) is 6.00 Å². The summed E-state index contributed by atoms with van der Waals surface area (Å²) in [7, 11) is 1.94. The van der Waals surface area contributed by atoms with Gasteiger partial charge in [-0.25, -0.2) is 10.1 Å². The number of hydrazine groups is 1. The van der Waals surface area contributed by atoms with Crippen molar-refractivity contribution in [1.29, 1.82) is 0 Å². The lowest BCUT2D eigenvalue weighted by Crippen LogP contribution is -2.30. The maximum atomic E-state index is 5.47. The van der Waals surface area contributed by atoms with Crippen LogP contribution in [0, 0.1) is 0 Å². The van der Waals surface area contributed by atoms with Gasteiger partial charge < -0.3 is 0 Å². The van der Waals surface area contributed by atoms with Crippen molar-refractivity contribution >= 4 is 17.8 Å². The molecule has 0 radical (unpaired) electrons. The summed E-state index contributed by atoms with van der Waals surface area (Å²) in [5, 5.41) is 7.57. The molecule has 4 heteroatoms. The number of nitrogens with zero attached hydrogens (tertiary/aromatic N) is 3. The molecule has 0 aromatic heterocycles. The molecule has 0 fully saturated rings. The highest BCUT2D eigenvalue weighted by Crippen LogP contribution is 2.00. The minimum atomic E-state index is 0.438. The molecule has 0 aromatic carbocycles. The Labute approximate surface area is 53.5 Å². The highest BCUT2D eigenvalue weighted by molar-refractivity contribution is 6.17. The van der Waals surface area contributed by atoms with Gasteiger partial charge in [0.25, 0.3) is 0 Å². The molecule has 0 saturated heterocycles. The molecule has 46 valence electrons. The fourth-order valence-corrected chi connectivity index (χ4v) is 0.798. The molecule has 0 saturated carbocycles.